The summed E-state index contributed by atoms with van der Waals surface area (Å²) in [7, 11) is 1.59. The summed E-state index contributed by atoms with van der Waals surface area (Å²) in [6, 6.07) is 3.74. The molecule has 0 amide bonds. The van der Waals surface area contributed by atoms with Crippen molar-refractivity contribution >= 4 is 17.4 Å². The average molecular weight is 397 g/mol. The number of alkyl halides is 3. The van der Waals surface area contributed by atoms with Crippen molar-refractivity contribution in [3.05, 3.63) is 28.8 Å². The molecule has 0 bridgehead atoms. The fourth-order valence-electron chi connectivity index (χ4n) is 2.17. The van der Waals surface area contributed by atoms with Gasteiger partial charge in [0, 0.05) is 26.2 Å². The molecule has 148 valence electrons. The predicted molar refractivity (Wildman–Crippen MR) is 95.5 cm³/mol. The number of halogens is 4. The Morgan fingerprint density at radius 1 is 1.42 bits per heavy atom. The van der Waals surface area contributed by atoms with Crippen LogP contribution in [0.2, 0.25) is 5.02 Å². The van der Waals surface area contributed by atoms with E-state index in [1.54, 1.807) is 7.05 Å². The Kier molecular flexibility index (Phi) is 9.14. The van der Waals surface area contributed by atoms with Gasteiger partial charge >= 0.3 is 6.36 Å². The number of ether oxygens (including phenoxy) is 1. The summed E-state index contributed by atoms with van der Waals surface area (Å²) in [6.07, 6.45) is -4.86. The molecule has 0 heterocycles. The highest BCUT2D eigenvalue weighted by Gasteiger charge is 2.32. The van der Waals surface area contributed by atoms with Crippen LogP contribution in [0.3, 0.4) is 0 Å². The van der Waals surface area contributed by atoms with Gasteiger partial charge < -0.3 is 26.2 Å². The maximum Gasteiger partial charge on any atom is 0.573 e. The molecule has 26 heavy (non-hydrogen) atoms. The van der Waals surface area contributed by atoms with E-state index in [4.69, 9.17) is 17.3 Å². The second kappa shape index (κ2) is 10.6. The lowest BCUT2D eigenvalue weighted by molar-refractivity contribution is -0.274. The number of aliphatic imine (C=N–C) groups is 1. The summed E-state index contributed by atoms with van der Waals surface area (Å²) in [5.41, 5.74) is 6.27. The maximum atomic E-state index is 12.3. The van der Waals surface area contributed by atoms with Crippen molar-refractivity contribution in [1.29, 1.82) is 0 Å². The molecule has 0 saturated heterocycles. The minimum absolute atomic E-state index is 0.140. The van der Waals surface area contributed by atoms with Crippen LogP contribution in [-0.4, -0.2) is 49.6 Å². The molecule has 1 rings (SSSR count). The van der Waals surface area contributed by atoms with Gasteiger partial charge in [0.2, 0.25) is 0 Å². The van der Waals surface area contributed by atoms with Crippen LogP contribution in [0.25, 0.3) is 0 Å². The summed E-state index contributed by atoms with van der Waals surface area (Å²) in [4.78, 5) is 3.83. The van der Waals surface area contributed by atoms with Gasteiger partial charge in [-0.3, -0.25) is 4.99 Å². The van der Waals surface area contributed by atoms with E-state index in [1.807, 2.05) is 6.92 Å². The van der Waals surface area contributed by atoms with E-state index in [1.165, 1.54) is 12.1 Å². The number of nitrogens with one attached hydrogen (secondary N) is 2. The number of rotatable bonds is 10. The van der Waals surface area contributed by atoms with Crippen LogP contribution in [0.4, 0.5) is 13.2 Å². The Bertz CT molecular complexity index is 599. The largest absolute Gasteiger partial charge is 0.573 e. The monoisotopic (exact) mass is 396 g/mol. The lowest BCUT2D eigenvalue weighted by Crippen LogP contribution is -2.47. The molecule has 0 fully saturated rings. The highest BCUT2D eigenvalue weighted by Crippen LogP contribution is 2.30. The Hall–Kier alpha value is -1.55. The van der Waals surface area contributed by atoms with E-state index in [9.17, 15) is 18.3 Å². The van der Waals surface area contributed by atoms with E-state index >= 15 is 0 Å². The molecule has 0 aromatic heterocycles. The predicted octanol–water partition coefficient (Wildman–Crippen LogP) is 2.04. The molecule has 1 aromatic carbocycles. The average Bonchev–Trinajstić information content (AvgIpc) is 2.58. The molecule has 10 heteroatoms. The molecular weight excluding hydrogens is 373 g/mol. The molecular formula is C16H24ClF3N4O2. The number of nitrogens with zero attached hydrogens (tertiary/aromatic N) is 1. The van der Waals surface area contributed by atoms with Gasteiger partial charge in [0.05, 0.1) is 17.7 Å². The zero-order valence-corrected chi connectivity index (χ0v) is 15.4. The van der Waals surface area contributed by atoms with Crippen molar-refractivity contribution in [1.82, 2.24) is 10.6 Å². The zero-order valence-electron chi connectivity index (χ0n) is 14.6. The van der Waals surface area contributed by atoms with Gasteiger partial charge in [0.15, 0.2) is 0 Å². The summed E-state index contributed by atoms with van der Waals surface area (Å²) in [6.45, 7) is 2.99. The molecule has 0 aliphatic heterocycles. The molecule has 0 aliphatic rings. The van der Waals surface area contributed by atoms with Gasteiger partial charge in [-0.15, -0.1) is 13.2 Å². The third kappa shape index (κ3) is 8.22. The molecule has 6 nitrogen and oxygen atoms in total. The van der Waals surface area contributed by atoms with Gasteiger partial charge in [-0.05, 0) is 24.1 Å². The van der Waals surface area contributed by atoms with Gasteiger partial charge in [0.25, 0.3) is 0 Å². The van der Waals surface area contributed by atoms with E-state index in [0.29, 0.717) is 37.5 Å². The molecule has 2 atom stereocenters. The van der Waals surface area contributed by atoms with Gasteiger partial charge in [-0.25, -0.2) is 0 Å². The molecule has 0 saturated carbocycles. The molecule has 0 spiro atoms. The van der Waals surface area contributed by atoms with Crippen LogP contribution in [0.15, 0.2) is 23.2 Å². The first-order chi connectivity index (χ1) is 12.2. The number of nitrogens with two attached hydrogens (primary N) is 1. The van der Waals surface area contributed by atoms with Gasteiger partial charge in [-0.2, -0.15) is 0 Å². The fourth-order valence-corrected chi connectivity index (χ4v) is 2.42. The molecule has 1 aromatic rings. The lowest BCUT2D eigenvalue weighted by Gasteiger charge is -2.24. The summed E-state index contributed by atoms with van der Waals surface area (Å²) in [5, 5.41) is 16.2. The van der Waals surface area contributed by atoms with Crippen LogP contribution in [-0.2, 0) is 6.54 Å². The van der Waals surface area contributed by atoms with Crippen LogP contribution in [0.1, 0.15) is 18.9 Å². The maximum absolute atomic E-state index is 12.3. The van der Waals surface area contributed by atoms with Crippen LogP contribution < -0.4 is 21.1 Å². The van der Waals surface area contributed by atoms with E-state index < -0.39 is 18.2 Å². The second-order valence-corrected chi connectivity index (χ2v) is 6.03. The first-order valence-corrected chi connectivity index (χ1v) is 8.41. The first kappa shape index (κ1) is 22.5. The number of amidine groups is 1. The lowest BCUT2D eigenvalue weighted by atomic mass is 10.1. The Labute approximate surface area is 155 Å². The second-order valence-electron chi connectivity index (χ2n) is 5.62. The van der Waals surface area contributed by atoms with Crippen LogP contribution in [0, 0.1) is 0 Å². The quantitative estimate of drug-likeness (QED) is 0.359. The van der Waals surface area contributed by atoms with Gasteiger partial charge in [0.1, 0.15) is 11.6 Å². The number of hydrogen-bond donors (Lipinski definition) is 4. The smallest absolute Gasteiger partial charge is 0.404 e. The molecule has 2 unspecified atom stereocenters. The van der Waals surface area contributed by atoms with Crippen molar-refractivity contribution < 1.29 is 23.0 Å². The minimum Gasteiger partial charge on any atom is -0.404 e. The number of benzene rings is 1. The summed E-state index contributed by atoms with van der Waals surface area (Å²) < 4.78 is 40.6. The van der Waals surface area contributed by atoms with E-state index in [-0.39, 0.29) is 11.1 Å². The third-order valence-corrected chi connectivity index (χ3v) is 3.93. The molecule has 0 aliphatic carbocycles. The highest BCUT2D eigenvalue weighted by atomic mass is 35.5. The van der Waals surface area contributed by atoms with Crippen LogP contribution in [0.5, 0.6) is 5.75 Å². The Morgan fingerprint density at radius 3 is 2.65 bits per heavy atom. The number of hydrogen-bond acceptors (Lipinski definition) is 5. The number of aliphatic hydroxyl groups is 1. The van der Waals surface area contributed by atoms with Crippen molar-refractivity contribution in [3.8, 4) is 5.75 Å². The standard InChI is InChI=1S/C16H24ClF3N4O2/c1-3-13(25)12(8-23-9-15(21)22-2)24-7-10-4-5-14(11(17)6-10)26-16(18,19)20/h4-6,12-13,23-25H,3,7-9H2,1-2H3,(H2,21,22). The van der Waals surface area contributed by atoms with Crippen molar-refractivity contribution in [2.45, 2.75) is 38.4 Å². The molecule has 5 N–H and O–H groups in total. The third-order valence-electron chi connectivity index (χ3n) is 3.63. The van der Waals surface area contributed by atoms with Crippen LogP contribution >= 0.6 is 11.6 Å². The normalized spacial score (nSPS) is 15.0. The van der Waals surface area contributed by atoms with Gasteiger partial charge in [-0.1, -0.05) is 24.6 Å². The zero-order chi connectivity index (χ0) is 19.7. The first-order valence-electron chi connectivity index (χ1n) is 8.03. The van der Waals surface area contributed by atoms with Crippen molar-refractivity contribution in [2.75, 3.05) is 20.1 Å². The van der Waals surface area contributed by atoms with E-state index in [2.05, 4.69) is 20.4 Å². The topological polar surface area (TPSA) is 91.9 Å². The minimum atomic E-state index is -4.80. The summed E-state index contributed by atoms with van der Waals surface area (Å²) >= 11 is 5.83. The Morgan fingerprint density at radius 2 is 2.12 bits per heavy atom. The van der Waals surface area contributed by atoms with E-state index in [0.717, 1.165) is 6.07 Å². The Balaban J connectivity index is 2.65. The highest BCUT2D eigenvalue weighted by molar-refractivity contribution is 6.32. The van der Waals surface area contributed by atoms with Crippen molar-refractivity contribution in [2.24, 2.45) is 10.7 Å². The molecule has 0 radical (unpaired) electrons. The summed E-state index contributed by atoms with van der Waals surface area (Å²) in [5.74, 6) is -0.00849. The number of aliphatic hydroxyl groups excluding tert-OH is 1. The SMILES string of the molecule is CCC(O)C(CNCC(N)=NC)NCc1ccc(OC(F)(F)F)c(Cl)c1. The van der Waals surface area contributed by atoms with Crippen molar-refractivity contribution in [3.63, 3.8) is 0 Å². The fraction of sp³-hybridized carbons (Fsp3) is 0.562.